The minimum atomic E-state index is -3.44. The van der Waals surface area contributed by atoms with Crippen molar-refractivity contribution in [2.75, 3.05) is 54.6 Å². The van der Waals surface area contributed by atoms with Gasteiger partial charge in [0.15, 0.2) is 11.5 Å². The van der Waals surface area contributed by atoms with Crippen molar-refractivity contribution in [3.63, 3.8) is 0 Å². The first-order valence-electron chi connectivity index (χ1n) is 8.89. The van der Waals surface area contributed by atoms with Crippen molar-refractivity contribution in [3.05, 3.63) is 23.8 Å². The lowest BCUT2D eigenvalue weighted by atomic mass is 10.2. The second-order valence-corrected chi connectivity index (χ2v) is 8.40. The smallest absolute Gasteiger partial charge is 0.352 e. The molecular formula is C18H33N2O5P. The number of methoxy groups -OCH3 is 1. The van der Waals surface area contributed by atoms with Crippen LogP contribution in [0.25, 0.3) is 0 Å². The third kappa shape index (κ3) is 6.25. The Kier molecular flexibility index (Phi) is 9.61. The summed E-state index contributed by atoms with van der Waals surface area (Å²) in [5.41, 5.74) is 0.720. The average molecular weight is 388 g/mol. The Morgan fingerprint density at radius 3 is 2.23 bits per heavy atom. The van der Waals surface area contributed by atoms with Gasteiger partial charge in [0.2, 0.25) is 0 Å². The molecule has 7 nitrogen and oxygen atoms in total. The van der Waals surface area contributed by atoms with Crippen LogP contribution >= 0.6 is 7.60 Å². The van der Waals surface area contributed by atoms with E-state index in [1.807, 2.05) is 26.0 Å². The number of hydrogen-bond donors (Lipinski definition) is 1. The molecule has 1 N–H and O–H groups in total. The van der Waals surface area contributed by atoms with E-state index in [0.717, 1.165) is 25.1 Å². The third-order valence-corrected chi connectivity index (χ3v) is 6.48. The number of phenols is 1. The molecule has 1 unspecified atom stereocenters. The molecule has 0 bridgehead atoms. The van der Waals surface area contributed by atoms with Crippen LogP contribution in [0.15, 0.2) is 18.2 Å². The second kappa shape index (κ2) is 10.9. The van der Waals surface area contributed by atoms with Gasteiger partial charge in [0, 0.05) is 6.54 Å². The van der Waals surface area contributed by atoms with E-state index in [0.29, 0.717) is 5.75 Å². The summed E-state index contributed by atoms with van der Waals surface area (Å²) >= 11 is 0. The first-order chi connectivity index (χ1) is 12.3. The fourth-order valence-electron chi connectivity index (χ4n) is 2.83. The molecule has 0 saturated carbocycles. The van der Waals surface area contributed by atoms with Crippen LogP contribution in [0.5, 0.6) is 11.5 Å². The van der Waals surface area contributed by atoms with E-state index in [-0.39, 0.29) is 19.0 Å². The number of ether oxygens (including phenoxy) is 1. The topological polar surface area (TPSA) is 71.5 Å². The Morgan fingerprint density at radius 2 is 1.73 bits per heavy atom. The van der Waals surface area contributed by atoms with Crippen LogP contribution in [0, 0.1) is 0 Å². The van der Waals surface area contributed by atoms with Gasteiger partial charge in [0.1, 0.15) is 5.78 Å². The van der Waals surface area contributed by atoms with Gasteiger partial charge in [-0.15, -0.1) is 0 Å². The first kappa shape index (κ1) is 22.9. The largest absolute Gasteiger partial charge is 0.504 e. The van der Waals surface area contributed by atoms with E-state index >= 15 is 0 Å². The number of nitrogens with zero attached hydrogens (tertiary/aromatic N) is 2. The SMILES string of the molecule is CCOP(=O)(OCC)C(c1ccc(O)c(OC)c1)N(C)CCCN(C)C. The van der Waals surface area contributed by atoms with Gasteiger partial charge in [-0.1, -0.05) is 6.07 Å². The van der Waals surface area contributed by atoms with Gasteiger partial charge in [0.05, 0.1) is 20.3 Å². The lowest BCUT2D eigenvalue weighted by molar-refractivity contribution is 0.174. The first-order valence-corrected chi connectivity index (χ1v) is 10.5. The maximum atomic E-state index is 13.5. The van der Waals surface area contributed by atoms with Crippen molar-refractivity contribution in [2.24, 2.45) is 0 Å². The summed E-state index contributed by atoms with van der Waals surface area (Å²) in [7, 11) is 3.99. The molecule has 0 aliphatic heterocycles. The predicted octanol–water partition coefficient (Wildman–Crippen LogP) is 3.55. The minimum Gasteiger partial charge on any atom is -0.504 e. The monoisotopic (exact) mass is 388 g/mol. The molecule has 1 atom stereocenters. The van der Waals surface area contributed by atoms with Crippen LogP contribution in [0.2, 0.25) is 0 Å². The van der Waals surface area contributed by atoms with Gasteiger partial charge in [-0.3, -0.25) is 9.46 Å². The molecule has 0 amide bonds. The molecule has 1 aromatic carbocycles. The van der Waals surface area contributed by atoms with E-state index in [1.54, 1.807) is 26.0 Å². The predicted molar refractivity (Wildman–Crippen MR) is 104 cm³/mol. The van der Waals surface area contributed by atoms with Crippen LogP contribution in [-0.4, -0.2) is 69.5 Å². The van der Waals surface area contributed by atoms with Crippen LogP contribution in [0.3, 0.4) is 0 Å². The Balaban J connectivity index is 3.25. The number of hydrogen-bond acceptors (Lipinski definition) is 7. The van der Waals surface area contributed by atoms with Gasteiger partial charge in [-0.2, -0.15) is 0 Å². The van der Waals surface area contributed by atoms with Crippen LogP contribution in [-0.2, 0) is 13.6 Å². The fourth-order valence-corrected chi connectivity index (χ4v) is 5.03. The molecule has 26 heavy (non-hydrogen) atoms. The molecule has 0 aliphatic rings. The van der Waals surface area contributed by atoms with Crippen LogP contribution < -0.4 is 4.74 Å². The molecule has 8 heteroatoms. The quantitative estimate of drug-likeness (QED) is 0.549. The summed E-state index contributed by atoms with van der Waals surface area (Å²) in [5.74, 6) is -0.222. The molecule has 1 rings (SSSR count). The van der Waals surface area contributed by atoms with Crippen molar-refractivity contribution >= 4 is 7.60 Å². The third-order valence-electron chi connectivity index (χ3n) is 3.95. The molecule has 0 heterocycles. The Hall–Kier alpha value is -1.11. The van der Waals surface area contributed by atoms with Crippen LogP contribution in [0.4, 0.5) is 0 Å². The molecule has 150 valence electrons. The molecule has 0 radical (unpaired) electrons. The zero-order valence-electron chi connectivity index (χ0n) is 16.8. The highest BCUT2D eigenvalue weighted by molar-refractivity contribution is 7.54. The number of phenolic OH excluding ortho intramolecular Hbond substituents is 1. The van der Waals surface area contributed by atoms with Gasteiger partial charge >= 0.3 is 7.60 Å². The maximum Gasteiger partial charge on any atom is 0.352 e. The highest BCUT2D eigenvalue weighted by Crippen LogP contribution is 2.62. The van der Waals surface area contributed by atoms with Gasteiger partial charge in [0.25, 0.3) is 0 Å². The molecule has 0 fully saturated rings. The van der Waals surface area contributed by atoms with Crippen LogP contribution in [0.1, 0.15) is 31.6 Å². The summed E-state index contributed by atoms with van der Waals surface area (Å²) in [4.78, 5) is 4.10. The molecule has 0 aliphatic carbocycles. The van der Waals surface area contributed by atoms with Crippen molar-refractivity contribution < 1.29 is 23.5 Å². The summed E-state index contributed by atoms with van der Waals surface area (Å²) < 4.78 is 30.0. The fraction of sp³-hybridized carbons (Fsp3) is 0.667. The Bertz CT molecular complexity index is 587. The average Bonchev–Trinajstić information content (AvgIpc) is 2.56. The number of rotatable bonds is 12. The van der Waals surface area contributed by atoms with Crippen molar-refractivity contribution in [2.45, 2.75) is 26.1 Å². The van der Waals surface area contributed by atoms with Gasteiger partial charge in [-0.25, -0.2) is 0 Å². The highest BCUT2D eigenvalue weighted by atomic mass is 31.2. The van der Waals surface area contributed by atoms with Crippen molar-refractivity contribution in [3.8, 4) is 11.5 Å². The minimum absolute atomic E-state index is 0.0351. The molecule has 0 spiro atoms. The molecule has 1 aromatic rings. The standard InChI is InChI=1S/C18H33N2O5P/c1-7-24-26(22,25-8-2)18(20(5)13-9-12-19(3)4)15-10-11-16(21)17(14-15)23-6/h10-11,14,18,21H,7-9,12-13H2,1-6H3. The van der Waals surface area contributed by atoms with E-state index in [4.69, 9.17) is 13.8 Å². The van der Waals surface area contributed by atoms with E-state index in [9.17, 15) is 9.67 Å². The normalized spacial score (nSPS) is 13.4. The van der Waals surface area contributed by atoms with Gasteiger partial charge in [-0.05, 0) is 65.7 Å². The lowest BCUT2D eigenvalue weighted by Crippen LogP contribution is -2.29. The maximum absolute atomic E-state index is 13.5. The summed E-state index contributed by atoms with van der Waals surface area (Å²) in [6.45, 7) is 5.81. The van der Waals surface area contributed by atoms with E-state index in [2.05, 4.69) is 4.90 Å². The molecule has 0 aromatic heterocycles. The van der Waals surface area contributed by atoms with E-state index < -0.39 is 13.4 Å². The summed E-state index contributed by atoms with van der Waals surface area (Å²) in [6.07, 6.45) is 0.910. The zero-order chi connectivity index (χ0) is 19.7. The number of aromatic hydroxyl groups is 1. The lowest BCUT2D eigenvalue weighted by Gasteiger charge is -2.34. The second-order valence-electron chi connectivity index (χ2n) is 6.32. The van der Waals surface area contributed by atoms with Crippen molar-refractivity contribution in [1.82, 2.24) is 9.80 Å². The highest BCUT2D eigenvalue weighted by Gasteiger charge is 2.40. The van der Waals surface area contributed by atoms with Gasteiger partial charge < -0.3 is 23.8 Å². The Labute approximate surface area is 157 Å². The summed E-state index contributed by atoms with van der Waals surface area (Å²) in [6, 6.07) is 4.96. The molecular weight excluding hydrogens is 355 g/mol. The van der Waals surface area contributed by atoms with Crippen molar-refractivity contribution in [1.29, 1.82) is 0 Å². The Morgan fingerprint density at radius 1 is 1.12 bits per heavy atom. The van der Waals surface area contributed by atoms with E-state index in [1.165, 1.54) is 13.2 Å². The number of benzene rings is 1. The zero-order valence-corrected chi connectivity index (χ0v) is 17.7. The summed E-state index contributed by atoms with van der Waals surface area (Å²) in [5, 5.41) is 9.89. The molecule has 0 saturated heterocycles.